The molecular weight excluding hydrogens is 272 g/mol. The predicted octanol–water partition coefficient (Wildman–Crippen LogP) is 4.47. The van der Waals surface area contributed by atoms with Crippen molar-refractivity contribution >= 4 is 5.78 Å². The predicted molar refractivity (Wildman–Crippen MR) is 87.5 cm³/mol. The average molecular weight is 304 g/mol. The lowest BCUT2D eigenvalue weighted by Crippen LogP contribution is -2.23. The van der Waals surface area contributed by atoms with Crippen molar-refractivity contribution in [1.82, 2.24) is 0 Å². The van der Waals surface area contributed by atoms with Crippen molar-refractivity contribution in [1.29, 1.82) is 0 Å². The first kappa shape index (κ1) is 15.2. The van der Waals surface area contributed by atoms with E-state index in [9.17, 15) is 4.79 Å². The number of ether oxygens (including phenoxy) is 1. The summed E-state index contributed by atoms with van der Waals surface area (Å²) in [5.41, 5.74) is 0. The molecule has 124 valence electrons. The minimum atomic E-state index is 0.386. The zero-order valence-electron chi connectivity index (χ0n) is 14.1. The lowest BCUT2D eigenvalue weighted by molar-refractivity contribution is -0.125. The second-order valence-electron chi connectivity index (χ2n) is 9.01. The fourth-order valence-corrected chi connectivity index (χ4v) is 5.25. The first-order valence-electron chi connectivity index (χ1n) is 9.79. The van der Waals surface area contributed by atoms with Crippen molar-refractivity contribution in [2.24, 2.45) is 41.4 Å². The molecule has 4 saturated carbocycles. The molecule has 0 aromatic heterocycles. The highest BCUT2D eigenvalue weighted by Gasteiger charge is 2.44. The van der Waals surface area contributed by atoms with Crippen LogP contribution < -0.4 is 0 Å². The Bertz CT molecular complexity index is 418. The largest absolute Gasteiger partial charge is 0.381 e. The van der Waals surface area contributed by atoms with Gasteiger partial charge in [0.1, 0.15) is 5.78 Å². The Labute approximate surface area is 135 Å². The van der Waals surface area contributed by atoms with Gasteiger partial charge in [-0.1, -0.05) is 6.92 Å². The normalized spacial score (nSPS) is 43.9. The van der Waals surface area contributed by atoms with E-state index in [-0.39, 0.29) is 0 Å². The van der Waals surface area contributed by atoms with Crippen LogP contribution in [-0.4, -0.2) is 19.0 Å². The number of fused-ring (bicyclic) bond motifs is 2. The van der Waals surface area contributed by atoms with Crippen LogP contribution in [0.4, 0.5) is 0 Å². The van der Waals surface area contributed by atoms with Crippen molar-refractivity contribution in [2.75, 3.05) is 13.2 Å². The molecule has 0 saturated heterocycles. The van der Waals surface area contributed by atoms with Crippen LogP contribution in [0, 0.1) is 41.4 Å². The van der Waals surface area contributed by atoms with Gasteiger partial charge in [0.05, 0.1) is 0 Å². The summed E-state index contributed by atoms with van der Waals surface area (Å²) in [7, 11) is 0. The molecule has 0 aromatic rings. The van der Waals surface area contributed by atoms with E-state index >= 15 is 0 Å². The van der Waals surface area contributed by atoms with Gasteiger partial charge in [-0.2, -0.15) is 0 Å². The Morgan fingerprint density at radius 1 is 0.955 bits per heavy atom. The maximum Gasteiger partial charge on any atom is 0.136 e. The van der Waals surface area contributed by atoms with E-state index in [1.54, 1.807) is 0 Å². The van der Waals surface area contributed by atoms with Gasteiger partial charge in [0, 0.05) is 25.6 Å². The maximum atomic E-state index is 12.4. The average Bonchev–Trinajstić information content (AvgIpc) is 3.40. The molecule has 4 rings (SSSR count). The van der Waals surface area contributed by atoms with Crippen LogP contribution in [0.5, 0.6) is 0 Å². The quantitative estimate of drug-likeness (QED) is 0.693. The van der Waals surface area contributed by atoms with Gasteiger partial charge in [-0.25, -0.2) is 0 Å². The lowest BCUT2D eigenvalue weighted by atomic mass is 9.83. The number of carbonyl (C=O) groups excluding carboxylic acids is 1. The Morgan fingerprint density at radius 2 is 1.68 bits per heavy atom. The van der Waals surface area contributed by atoms with Crippen LogP contribution in [0.15, 0.2) is 0 Å². The van der Waals surface area contributed by atoms with Crippen LogP contribution in [0.2, 0.25) is 0 Å². The number of carbonyl (C=O) groups is 1. The smallest absolute Gasteiger partial charge is 0.136 e. The van der Waals surface area contributed by atoms with Crippen molar-refractivity contribution in [2.45, 2.75) is 64.7 Å². The summed E-state index contributed by atoms with van der Waals surface area (Å²) in [6, 6.07) is 0. The van der Waals surface area contributed by atoms with Crippen LogP contribution in [0.25, 0.3) is 0 Å². The third kappa shape index (κ3) is 3.58. The van der Waals surface area contributed by atoms with Crippen molar-refractivity contribution < 1.29 is 9.53 Å². The molecule has 2 nitrogen and oxygen atoms in total. The Balaban J connectivity index is 1.12. The van der Waals surface area contributed by atoms with E-state index in [2.05, 4.69) is 6.92 Å². The second kappa shape index (κ2) is 6.26. The zero-order valence-corrected chi connectivity index (χ0v) is 14.1. The number of rotatable bonds is 7. The summed E-state index contributed by atoms with van der Waals surface area (Å²) in [6.07, 6.45) is 11.5. The highest BCUT2D eigenvalue weighted by atomic mass is 16.5. The molecule has 0 aromatic carbocycles. The van der Waals surface area contributed by atoms with E-state index in [1.165, 1.54) is 44.9 Å². The fourth-order valence-electron chi connectivity index (χ4n) is 5.25. The van der Waals surface area contributed by atoms with Gasteiger partial charge in [0.2, 0.25) is 0 Å². The van der Waals surface area contributed by atoms with Gasteiger partial charge >= 0.3 is 0 Å². The van der Waals surface area contributed by atoms with Gasteiger partial charge in [-0.3, -0.25) is 4.79 Å². The maximum absolute atomic E-state index is 12.4. The van der Waals surface area contributed by atoms with Gasteiger partial charge in [0.15, 0.2) is 0 Å². The molecule has 0 N–H and O–H groups in total. The molecule has 0 amide bonds. The molecule has 0 bridgehead atoms. The fraction of sp³-hybridized carbons (Fsp3) is 0.950. The molecule has 22 heavy (non-hydrogen) atoms. The molecule has 4 aliphatic rings. The third-order valence-corrected chi connectivity index (χ3v) is 6.95. The van der Waals surface area contributed by atoms with Gasteiger partial charge in [0.25, 0.3) is 0 Å². The lowest BCUT2D eigenvalue weighted by Gasteiger charge is -2.23. The highest BCUT2D eigenvalue weighted by Crippen LogP contribution is 2.52. The van der Waals surface area contributed by atoms with Crippen LogP contribution in [0.1, 0.15) is 64.7 Å². The second-order valence-corrected chi connectivity index (χ2v) is 9.01. The van der Waals surface area contributed by atoms with Crippen LogP contribution in [-0.2, 0) is 9.53 Å². The van der Waals surface area contributed by atoms with Crippen molar-refractivity contribution in [3.8, 4) is 0 Å². The van der Waals surface area contributed by atoms with E-state index in [1.807, 2.05) is 0 Å². The summed E-state index contributed by atoms with van der Waals surface area (Å²) in [5.74, 6) is 6.14. The molecule has 4 fully saturated rings. The monoisotopic (exact) mass is 304 g/mol. The summed E-state index contributed by atoms with van der Waals surface area (Å²) < 4.78 is 5.97. The first-order valence-corrected chi connectivity index (χ1v) is 9.79. The molecule has 0 radical (unpaired) electrons. The molecular formula is C20H32O2. The molecule has 7 atom stereocenters. The molecule has 0 spiro atoms. The van der Waals surface area contributed by atoms with E-state index < -0.39 is 0 Å². The van der Waals surface area contributed by atoms with E-state index in [0.29, 0.717) is 17.6 Å². The van der Waals surface area contributed by atoms with Crippen LogP contribution >= 0.6 is 0 Å². The molecule has 0 aliphatic heterocycles. The molecule has 4 aliphatic carbocycles. The minimum absolute atomic E-state index is 0.386. The topological polar surface area (TPSA) is 26.3 Å². The zero-order chi connectivity index (χ0) is 15.1. The molecule has 0 heterocycles. The number of ketones is 1. The van der Waals surface area contributed by atoms with E-state index in [0.717, 1.165) is 55.6 Å². The van der Waals surface area contributed by atoms with Crippen molar-refractivity contribution in [3.05, 3.63) is 0 Å². The Morgan fingerprint density at radius 3 is 2.41 bits per heavy atom. The van der Waals surface area contributed by atoms with E-state index in [4.69, 9.17) is 4.74 Å². The summed E-state index contributed by atoms with van der Waals surface area (Å²) in [6.45, 7) is 3.92. The Kier molecular flexibility index (Phi) is 4.32. The van der Waals surface area contributed by atoms with Gasteiger partial charge in [-0.05, 0) is 86.9 Å². The number of hydrogen-bond acceptors (Lipinski definition) is 2. The standard InChI is InChI=1S/C20H32O2/c1-13(6-20(21)17-5-4-16-9-19(16)10-17)11-22-12-14-2-3-15-8-18(15)7-14/h13-19H,2-12H2,1H3. The summed E-state index contributed by atoms with van der Waals surface area (Å²) >= 11 is 0. The third-order valence-electron chi connectivity index (χ3n) is 6.95. The molecule has 7 unspecified atom stereocenters. The minimum Gasteiger partial charge on any atom is -0.381 e. The van der Waals surface area contributed by atoms with Crippen molar-refractivity contribution in [3.63, 3.8) is 0 Å². The Hall–Kier alpha value is -0.370. The molecule has 2 heteroatoms. The number of Topliss-reactive ketones (excluding diaryl/α,β-unsaturated/α-hetero) is 1. The summed E-state index contributed by atoms with van der Waals surface area (Å²) in [4.78, 5) is 12.4. The summed E-state index contributed by atoms with van der Waals surface area (Å²) in [5, 5.41) is 0. The van der Waals surface area contributed by atoms with Gasteiger partial charge < -0.3 is 4.74 Å². The SMILES string of the molecule is CC(COCC1CCC2CC2C1)CC(=O)C1CCC2CC2C1. The van der Waals surface area contributed by atoms with Gasteiger partial charge in [-0.15, -0.1) is 0 Å². The first-order chi connectivity index (χ1) is 10.7. The number of hydrogen-bond donors (Lipinski definition) is 0. The highest BCUT2D eigenvalue weighted by molar-refractivity contribution is 5.81. The van der Waals surface area contributed by atoms with Crippen LogP contribution in [0.3, 0.4) is 0 Å².